The molecule has 1 atom stereocenters. The van der Waals surface area contributed by atoms with E-state index >= 15 is 0 Å². The Kier molecular flexibility index (Phi) is 6.24. The zero-order chi connectivity index (χ0) is 18.2. The van der Waals surface area contributed by atoms with Crippen LogP contribution in [-0.2, 0) is 17.9 Å². The van der Waals surface area contributed by atoms with E-state index in [-0.39, 0.29) is 11.9 Å². The van der Waals surface area contributed by atoms with Gasteiger partial charge in [0, 0.05) is 13.1 Å². The lowest BCUT2D eigenvalue weighted by atomic mass is 10.1. The van der Waals surface area contributed by atoms with Crippen molar-refractivity contribution in [3.8, 4) is 11.8 Å². The average molecular weight is 349 g/mol. The molecule has 26 heavy (non-hydrogen) atoms. The first kappa shape index (κ1) is 18.0. The van der Waals surface area contributed by atoms with E-state index in [1.54, 1.807) is 6.07 Å². The molecule has 0 radical (unpaired) electrons. The van der Waals surface area contributed by atoms with Crippen LogP contribution in [0.15, 0.2) is 48.5 Å². The highest BCUT2D eigenvalue weighted by Gasteiger charge is 2.19. The van der Waals surface area contributed by atoms with Gasteiger partial charge in [-0.05, 0) is 54.7 Å². The Balaban J connectivity index is 1.55. The van der Waals surface area contributed by atoms with Crippen molar-refractivity contribution in [3.63, 3.8) is 0 Å². The molecule has 5 heteroatoms. The van der Waals surface area contributed by atoms with Gasteiger partial charge in [0.2, 0.25) is 5.91 Å². The fourth-order valence-electron chi connectivity index (χ4n) is 3.02. The van der Waals surface area contributed by atoms with Gasteiger partial charge in [-0.2, -0.15) is 5.26 Å². The van der Waals surface area contributed by atoms with E-state index in [4.69, 9.17) is 10.00 Å². The Morgan fingerprint density at radius 1 is 1.15 bits per heavy atom. The molecule has 134 valence electrons. The van der Waals surface area contributed by atoms with Gasteiger partial charge in [0.05, 0.1) is 17.7 Å². The minimum absolute atomic E-state index is 0.0901. The zero-order valence-electron chi connectivity index (χ0n) is 14.7. The molecule has 1 fully saturated rings. The lowest BCUT2D eigenvalue weighted by molar-refractivity contribution is -0.122. The van der Waals surface area contributed by atoms with Gasteiger partial charge in [0.25, 0.3) is 0 Å². The minimum Gasteiger partial charge on any atom is -0.489 e. The molecule has 3 rings (SSSR count). The minimum atomic E-state index is -0.129. The van der Waals surface area contributed by atoms with E-state index in [0.29, 0.717) is 18.7 Å². The second kappa shape index (κ2) is 9.02. The van der Waals surface area contributed by atoms with Gasteiger partial charge in [-0.15, -0.1) is 0 Å². The second-order valence-corrected chi connectivity index (χ2v) is 6.47. The Labute approximate surface area is 154 Å². The highest BCUT2D eigenvalue weighted by Crippen LogP contribution is 2.16. The molecule has 0 saturated carbocycles. The van der Waals surface area contributed by atoms with E-state index < -0.39 is 0 Å². The maximum atomic E-state index is 12.0. The van der Waals surface area contributed by atoms with Gasteiger partial charge in [0.1, 0.15) is 12.4 Å². The Morgan fingerprint density at radius 3 is 2.88 bits per heavy atom. The summed E-state index contributed by atoms with van der Waals surface area (Å²) >= 11 is 0. The molecule has 0 aliphatic carbocycles. The number of hydrogen-bond acceptors (Lipinski definition) is 4. The summed E-state index contributed by atoms with van der Waals surface area (Å²) in [4.78, 5) is 12.0. The van der Waals surface area contributed by atoms with Gasteiger partial charge in [-0.25, -0.2) is 0 Å². The SMILES string of the molecule is N#Cc1cccc(COc2cccc(CN[C@@H]3CCCCNC3=O)c2)c1. The third-order valence-electron chi connectivity index (χ3n) is 4.45. The van der Waals surface area contributed by atoms with Crippen LogP contribution in [-0.4, -0.2) is 18.5 Å². The quantitative estimate of drug-likeness (QED) is 0.841. The number of amides is 1. The molecule has 0 aromatic heterocycles. The maximum absolute atomic E-state index is 12.0. The lowest BCUT2D eigenvalue weighted by Crippen LogP contribution is -2.42. The molecular formula is C21H23N3O2. The second-order valence-electron chi connectivity index (χ2n) is 6.47. The van der Waals surface area contributed by atoms with Crippen molar-refractivity contribution in [2.45, 2.75) is 38.5 Å². The summed E-state index contributed by atoms with van der Waals surface area (Å²) in [6.45, 7) is 1.81. The lowest BCUT2D eigenvalue weighted by Gasteiger charge is -2.15. The van der Waals surface area contributed by atoms with Crippen LogP contribution in [0.5, 0.6) is 5.75 Å². The first-order chi connectivity index (χ1) is 12.7. The molecule has 5 nitrogen and oxygen atoms in total. The van der Waals surface area contributed by atoms with Gasteiger partial charge in [-0.1, -0.05) is 24.3 Å². The smallest absolute Gasteiger partial charge is 0.237 e. The van der Waals surface area contributed by atoms with Crippen molar-refractivity contribution >= 4 is 5.91 Å². The molecule has 2 aromatic rings. The fourth-order valence-corrected chi connectivity index (χ4v) is 3.02. The number of nitrogens with one attached hydrogen (secondary N) is 2. The van der Waals surface area contributed by atoms with E-state index in [1.165, 1.54) is 0 Å². The van der Waals surface area contributed by atoms with Crippen LogP contribution in [0.2, 0.25) is 0 Å². The van der Waals surface area contributed by atoms with Crippen LogP contribution in [0.25, 0.3) is 0 Å². The molecule has 1 aliphatic rings. The maximum Gasteiger partial charge on any atom is 0.237 e. The van der Waals surface area contributed by atoms with Crippen molar-refractivity contribution in [1.29, 1.82) is 5.26 Å². The number of rotatable bonds is 6. The Bertz CT molecular complexity index is 798. The summed E-state index contributed by atoms with van der Waals surface area (Å²) in [5, 5.41) is 15.2. The first-order valence-electron chi connectivity index (χ1n) is 8.96. The van der Waals surface area contributed by atoms with E-state index in [0.717, 1.165) is 42.7 Å². The molecule has 1 saturated heterocycles. The Hall–Kier alpha value is -2.84. The van der Waals surface area contributed by atoms with Crippen LogP contribution in [0.3, 0.4) is 0 Å². The predicted molar refractivity (Wildman–Crippen MR) is 99.4 cm³/mol. The van der Waals surface area contributed by atoms with Gasteiger partial charge in [-0.3, -0.25) is 4.79 Å². The average Bonchev–Trinajstić information content (AvgIpc) is 2.89. The van der Waals surface area contributed by atoms with Crippen LogP contribution >= 0.6 is 0 Å². The molecule has 1 amide bonds. The molecule has 0 bridgehead atoms. The topological polar surface area (TPSA) is 74.2 Å². The molecular weight excluding hydrogens is 326 g/mol. The molecule has 1 heterocycles. The third kappa shape index (κ3) is 5.08. The van der Waals surface area contributed by atoms with E-state index in [2.05, 4.69) is 16.7 Å². The molecule has 1 aliphatic heterocycles. The number of benzene rings is 2. The number of carbonyl (C=O) groups is 1. The number of carbonyl (C=O) groups excluding carboxylic acids is 1. The predicted octanol–water partition coefficient (Wildman–Crippen LogP) is 2.90. The molecule has 0 unspecified atom stereocenters. The summed E-state index contributed by atoms with van der Waals surface area (Å²) in [7, 11) is 0. The summed E-state index contributed by atoms with van der Waals surface area (Å²) in [6, 6.07) is 17.3. The monoisotopic (exact) mass is 349 g/mol. The highest BCUT2D eigenvalue weighted by molar-refractivity contribution is 5.81. The van der Waals surface area contributed by atoms with Crippen molar-refractivity contribution < 1.29 is 9.53 Å². The largest absolute Gasteiger partial charge is 0.489 e. The molecule has 0 spiro atoms. The number of nitriles is 1. The summed E-state index contributed by atoms with van der Waals surface area (Å²) < 4.78 is 5.85. The van der Waals surface area contributed by atoms with Crippen molar-refractivity contribution in [2.24, 2.45) is 0 Å². The van der Waals surface area contributed by atoms with Crippen LogP contribution in [0.1, 0.15) is 36.0 Å². The third-order valence-corrected chi connectivity index (χ3v) is 4.45. The summed E-state index contributed by atoms with van der Waals surface area (Å²) in [5.74, 6) is 0.865. The first-order valence-corrected chi connectivity index (χ1v) is 8.96. The van der Waals surface area contributed by atoms with Crippen molar-refractivity contribution in [2.75, 3.05) is 6.54 Å². The van der Waals surface area contributed by atoms with E-state index in [1.807, 2.05) is 42.5 Å². The highest BCUT2D eigenvalue weighted by atomic mass is 16.5. The summed E-state index contributed by atoms with van der Waals surface area (Å²) in [6.07, 6.45) is 2.97. The number of ether oxygens (including phenoxy) is 1. The van der Waals surface area contributed by atoms with Gasteiger partial charge in [0.15, 0.2) is 0 Å². The van der Waals surface area contributed by atoms with Crippen molar-refractivity contribution in [1.82, 2.24) is 10.6 Å². The molecule has 2 N–H and O–H groups in total. The number of hydrogen-bond donors (Lipinski definition) is 2. The zero-order valence-corrected chi connectivity index (χ0v) is 14.7. The van der Waals surface area contributed by atoms with Gasteiger partial charge < -0.3 is 15.4 Å². The van der Waals surface area contributed by atoms with E-state index in [9.17, 15) is 4.79 Å². The standard InChI is InChI=1S/C21H23N3O2/c22-13-16-5-3-7-18(11-16)15-26-19-8-4-6-17(12-19)14-24-20-9-1-2-10-23-21(20)25/h3-8,11-12,20,24H,1-2,9-10,14-15H2,(H,23,25)/t20-/m1/s1. The summed E-state index contributed by atoms with van der Waals surface area (Å²) in [5.41, 5.74) is 2.67. The normalized spacial score (nSPS) is 17.0. The fraction of sp³-hybridized carbons (Fsp3) is 0.333. The molecule has 2 aromatic carbocycles. The Morgan fingerprint density at radius 2 is 2.00 bits per heavy atom. The van der Waals surface area contributed by atoms with Gasteiger partial charge >= 0.3 is 0 Å². The van der Waals surface area contributed by atoms with Crippen LogP contribution in [0.4, 0.5) is 0 Å². The van der Waals surface area contributed by atoms with Crippen LogP contribution in [0, 0.1) is 11.3 Å². The van der Waals surface area contributed by atoms with Crippen LogP contribution < -0.4 is 15.4 Å². The number of nitrogens with zero attached hydrogens (tertiary/aromatic N) is 1. The van der Waals surface area contributed by atoms with Crippen molar-refractivity contribution in [3.05, 3.63) is 65.2 Å².